The second kappa shape index (κ2) is 10.2. The van der Waals surface area contributed by atoms with Crippen LogP contribution in [0.3, 0.4) is 0 Å². The molecule has 1 N–H and O–H groups in total. The van der Waals surface area contributed by atoms with Gasteiger partial charge < -0.3 is 19.3 Å². The standard InChI is InChI=1S/C21H31NO7S/c1-15-7-8-18(12-16(15)2)30(25,26)22-14-17(23)13-19(22)21(24)29-11-5-10-28-20-6-3-4-9-27-20/h7-8,12,17,19-20,23H,3-6,9-11,13-14H2,1-2H3/t17-,19+,20-/m1/s1. The van der Waals surface area contributed by atoms with Crippen LogP contribution in [0.1, 0.15) is 43.2 Å². The molecule has 2 aliphatic heterocycles. The van der Waals surface area contributed by atoms with Crippen LogP contribution in [0.4, 0.5) is 0 Å². The SMILES string of the molecule is Cc1ccc(S(=O)(=O)N2C[C@H](O)C[C@H]2C(=O)OCCCO[C@@H]2CCCCO2)cc1C. The number of β-amino-alcohol motifs (C(OH)–C–C–N with tert-alkyl or cyclic N) is 1. The van der Waals surface area contributed by atoms with Crippen LogP contribution in [0.5, 0.6) is 0 Å². The number of ether oxygens (including phenoxy) is 3. The van der Waals surface area contributed by atoms with Gasteiger partial charge in [0.1, 0.15) is 6.04 Å². The lowest BCUT2D eigenvalue weighted by atomic mass is 10.1. The van der Waals surface area contributed by atoms with E-state index in [-0.39, 0.29) is 30.8 Å². The Hall–Kier alpha value is -1.52. The van der Waals surface area contributed by atoms with Crippen LogP contribution in [0.25, 0.3) is 0 Å². The zero-order valence-corrected chi connectivity index (χ0v) is 18.4. The average Bonchev–Trinajstić information content (AvgIpc) is 3.13. The van der Waals surface area contributed by atoms with E-state index < -0.39 is 28.1 Å². The van der Waals surface area contributed by atoms with E-state index >= 15 is 0 Å². The molecule has 0 unspecified atom stereocenters. The maximum atomic E-state index is 13.1. The van der Waals surface area contributed by atoms with Crippen molar-refractivity contribution in [1.29, 1.82) is 0 Å². The average molecular weight is 442 g/mol. The zero-order chi connectivity index (χ0) is 21.7. The number of nitrogens with zero attached hydrogens (tertiary/aromatic N) is 1. The van der Waals surface area contributed by atoms with Crippen molar-refractivity contribution in [2.45, 2.75) is 69.3 Å². The van der Waals surface area contributed by atoms with E-state index in [2.05, 4.69) is 0 Å². The van der Waals surface area contributed by atoms with Crippen molar-refractivity contribution in [2.24, 2.45) is 0 Å². The van der Waals surface area contributed by atoms with Crippen LogP contribution in [-0.2, 0) is 29.0 Å². The minimum Gasteiger partial charge on any atom is -0.464 e. The summed E-state index contributed by atoms with van der Waals surface area (Å²) in [6.45, 7) is 4.83. The minimum atomic E-state index is -3.92. The molecule has 3 atom stereocenters. The number of aliphatic hydroxyl groups is 1. The lowest BCUT2D eigenvalue weighted by molar-refractivity contribution is -0.165. The first-order valence-corrected chi connectivity index (χ1v) is 11.9. The van der Waals surface area contributed by atoms with Gasteiger partial charge in [-0.25, -0.2) is 8.42 Å². The summed E-state index contributed by atoms with van der Waals surface area (Å²) in [5.41, 5.74) is 1.82. The third-order valence-electron chi connectivity index (χ3n) is 5.57. The molecule has 2 aliphatic rings. The van der Waals surface area contributed by atoms with Gasteiger partial charge in [-0.05, 0) is 56.4 Å². The van der Waals surface area contributed by atoms with Gasteiger partial charge in [0.2, 0.25) is 10.0 Å². The van der Waals surface area contributed by atoms with Crippen molar-refractivity contribution in [3.05, 3.63) is 29.3 Å². The topological polar surface area (TPSA) is 102 Å². The molecule has 8 nitrogen and oxygen atoms in total. The maximum Gasteiger partial charge on any atom is 0.324 e. The van der Waals surface area contributed by atoms with Crippen LogP contribution in [0, 0.1) is 13.8 Å². The van der Waals surface area contributed by atoms with Gasteiger partial charge in [-0.15, -0.1) is 0 Å². The summed E-state index contributed by atoms with van der Waals surface area (Å²) in [4.78, 5) is 12.7. The summed E-state index contributed by atoms with van der Waals surface area (Å²) in [5.74, 6) is -0.645. The molecule has 0 radical (unpaired) electrons. The van der Waals surface area contributed by atoms with Crippen molar-refractivity contribution >= 4 is 16.0 Å². The highest BCUT2D eigenvalue weighted by atomic mass is 32.2. The van der Waals surface area contributed by atoms with E-state index in [1.807, 2.05) is 13.8 Å². The lowest BCUT2D eigenvalue weighted by Gasteiger charge is -2.23. The fourth-order valence-electron chi connectivity index (χ4n) is 3.66. The second-order valence-corrected chi connectivity index (χ2v) is 9.80. The number of carbonyl (C=O) groups is 1. The molecule has 9 heteroatoms. The molecule has 168 valence electrons. The number of hydrogen-bond donors (Lipinski definition) is 1. The monoisotopic (exact) mass is 441 g/mol. The van der Waals surface area contributed by atoms with Crippen LogP contribution < -0.4 is 0 Å². The van der Waals surface area contributed by atoms with E-state index in [0.29, 0.717) is 19.6 Å². The van der Waals surface area contributed by atoms with Crippen LogP contribution >= 0.6 is 0 Å². The molecule has 0 spiro atoms. The molecule has 0 bridgehead atoms. The van der Waals surface area contributed by atoms with Gasteiger partial charge in [-0.1, -0.05) is 6.07 Å². The predicted molar refractivity (Wildman–Crippen MR) is 109 cm³/mol. The van der Waals surface area contributed by atoms with Crippen molar-refractivity contribution in [3.8, 4) is 0 Å². The summed E-state index contributed by atoms with van der Waals surface area (Å²) in [6, 6.07) is 3.81. The fourth-order valence-corrected chi connectivity index (χ4v) is 5.37. The summed E-state index contributed by atoms with van der Waals surface area (Å²) < 4.78 is 43.6. The Morgan fingerprint density at radius 2 is 2.03 bits per heavy atom. The third-order valence-corrected chi connectivity index (χ3v) is 7.44. The number of benzene rings is 1. The molecule has 2 saturated heterocycles. The molecule has 0 amide bonds. The smallest absolute Gasteiger partial charge is 0.324 e. The minimum absolute atomic E-state index is 0.0231. The van der Waals surface area contributed by atoms with Gasteiger partial charge in [0, 0.05) is 26.0 Å². The molecular formula is C21H31NO7S. The number of hydrogen-bond acceptors (Lipinski definition) is 7. The third kappa shape index (κ3) is 5.59. The Kier molecular flexibility index (Phi) is 7.86. The molecule has 0 aromatic heterocycles. The first kappa shape index (κ1) is 23.1. The van der Waals surface area contributed by atoms with Gasteiger partial charge in [-0.3, -0.25) is 4.79 Å². The number of esters is 1. The van der Waals surface area contributed by atoms with E-state index in [4.69, 9.17) is 14.2 Å². The molecule has 2 heterocycles. The number of aryl methyl sites for hydroxylation is 2. The van der Waals surface area contributed by atoms with E-state index in [9.17, 15) is 18.3 Å². The Morgan fingerprint density at radius 1 is 1.23 bits per heavy atom. The molecule has 0 saturated carbocycles. The van der Waals surface area contributed by atoms with Crippen LogP contribution in [0.15, 0.2) is 23.1 Å². The van der Waals surface area contributed by atoms with Crippen molar-refractivity contribution in [2.75, 3.05) is 26.4 Å². The van der Waals surface area contributed by atoms with E-state index in [0.717, 1.165) is 34.7 Å². The van der Waals surface area contributed by atoms with Gasteiger partial charge in [-0.2, -0.15) is 4.31 Å². The number of carbonyl (C=O) groups excluding carboxylic acids is 1. The molecule has 0 aliphatic carbocycles. The molecular weight excluding hydrogens is 410 g/mol. The Bertz CT molecular complexity index is 836. The Labute approximate surface area is 178 Å². The number of rotatable bonds is 8. The zero-order valence-electron chi connectivity index (χ0n) is 17.6. The fraction of sp³-hybridized carbons (Fsp3) is 0.667. The van der Waals surface area contributed by atoms with Gasteiger partial charge >= 0.3 is 5.97 Å². The quantitative estimate of drug-likeness (QED) is 0.486. The van der Waals surface area contributed by atoms with E-state index in [1.165, 1.54) is 6.07 Å². The van der Waals surface area contributed by atoms with Gasteiger partial charge in [0.05, 0.1) is 24.2 Å². The Balaban J connectivity index is 1.55. The largest absolute Gasteiger partial charge is 0.464 e. The van der Waals surface area contributed by atoms with Crippen molar-refractivity contribution in [1.82, 2.24) is 4.31 Å². The molecule has 2 fully saturated rings. The Morgan fingerprint density at radius 3 is 2.73 bits per heavy atom. The van der Waals surface area contributed by atoms with Crippen molar-refractivity contribution in [3.63, 3.8) is 0 Å². The summed E-state index contributed by atoms with van der Waals surface area (Å²) >= 11 is 0. The first-order chi connectivity index (χ1) is 14.3. The molecule has 3 rings (SSSR count). The van der Waals surface area contributed by atoms with Crippen molar-refractivity contribution < 1.29 is 32.5 Å². The highest BCUT2D eigenvalue weighted by molar-refractivity contribution is 7.89. The summed E-state index contributed by atoms with van der Waals surface area (Å²) in [5, 5.41) is 10.0. The van der Waals surface area contributed by atoms with Crippen LogP contribution in [0.2, 0.25) is 0 Å². The van der Waals surface area contributed by atoms with Gasteiger partial charge in [0.15, 0.2) is 6.29 Å². The maximum absolute atomic E-state index is 13.1. The molecule has 1 aromatic carbocycles. The predicted octanol–water partition coefficient (Wildman–Crippen LogP) is 1.90. The summed E-state index contributed by atoms with van der Waals surface area (Å²) in [7, 11) is -3.92. The lowest BCUT2D eigenvalue weighted by Crippen LogP contribution is -2.41. The molecule has 1 aromatic rings. The highest BCUT2D eigenvalue weighted by Crippen LogP contribution is 2.28. The number of aliphatic hydroxyl groups excluding tert-OH is 1. The first-order valence-electron chi connectivity index (χ1n) is 10.5. The second-order valence-electron chi connectivity index (χ2n) is 7.91. The molecule has 30 heavy (non-hydrogen) atoms. The summed E-state index contributed by atoms with van der Waals surface area (Å²) in [6.07, 6.45) is 2.40. The highest BCUT2D eigenvalue weighted by Gasteiger charge is 2.44. The van der Waals surface area contributed by atoms with Crippen LogP contribution in [-0.4, -0.2) is 68.6 Å². The number of sulfonamides is 1. The van der Waals surface area contributed by atoms with E-state index in [1.54, 1.807) is 12.1 Å². The van der Waals surface area contributed by atoms with Gasteiger partial charge in [0.25, 0.3) is 0 Å². The normalized spacial score (nSPS) is 25.4.